The van der Waals surface area contributed by atoms with Crippen molar-refractivity contribution in [1.82, 2.24) is 19.5 Å². The van der Waals surface area contributed by atoms with Crippen molar-refractivity contribution in [3.63, 3.8) is 0 Å². The summed E-state index contributed by atoms with van der Waals surface area (Å²) in [4.78, 5) is 12.5. The first kappa shape index (κ1) is 16.8. The van der Waals surface area contributed by atoms with Gasteiger partial charge in [-0.3, -0.25) is 0 Å². The van der Waals surface area contributed by atoms with E-state index in [0.29, 0.717) is 22.7 Å². The molecule has 0 aliphatic rings. The summed E-state index contributed by atoms with van der Waals surface area (Å²) in [6, 6.07) is 1.87. The van der Waals surface area contributed by atoms with Crippen molar-refractivity contribution in [2.75, 3.05) is 26.1 Å². The van der Waals surface area contributed by atoms with E-state index in [0.717, 1.165) is 23.9 Å². The van der Waals surface area contributed by atoms with Crippen molar-refractivity contribution in [2.45, 2.75) is 13.0 Å². The Kier molecular flexibility index (Phi) is 5.06. The van der Waals surface area contributed by atoms with Gasteiger partial charge in [-0.25, -0.2) is 19.3 Å². The number of fused-ring (bicyclic) bond motifs is 1. The minimum atomic E-state index is -0.460. The molecule has 0 amide bonds. The van der Waals surface area contributed by atoms with Crippen LogP contribution < -0.4 is 5.32 Å². The predicted octanol–water partition coefficient (Wildman–Crippen LogP) is 3.47. The van der Waals surface area contributed by atoms with Crippen LogP contribution in [-0.4, -0.2) is 40.3 Å². The highest BCUT2D eigenvalue weighted by Gasteiger charge is 2.17. The molecule has 3 heterocycles. The van der Waals surface area contributed by atoms with Gasteiger partial charge in [-0.05, 0) is 28.4 Å². The maximum Gasteiger partial charge on any atom is 0.223 e. The third-order valence-electron chi connectivity index (χ3n) is 3.70. The van der Waals surface area contributed by atoms with E-state index in [4.69, 9.17) is 4.74 Å². The standard InChI is InChI=1S/C16H17BrFN5O/c1-19-16-21-7-12(18)15(22-16)11-9-23(4-3-5-24-2)13-8-20-14(17)6-10(11)13/h6-9H,3-5H2,1-2H3,(H,19,21,22). The minimum absolute atomic E-state index is 0.267. The topological polar surface area (TPSA) is 64.9 Å². The van der Waals surface area contributed by atoms with Crippen molar-refractivity contribution in [3.05, 3.63) is 35.1 Å². The maximum atomic E-state index is 14.3. The fourth-order valence-electron chi connectivity index (χ4n) is 2.59. The molecule has 0 atom stereocenters. The molecule has 0 radical (unpaired) electrons. The van der Waals surface area contributed by atoms with E-state index in [2.05, 4.69) is 36.2 Å². The third-order valence-corrected chi connectivity index (χ3v) is 4.14. The molecule has 0 saturated carbocycles. The van der Waals surface area contributed by atoms with Crippen LogP contribution in [0.5, 0.6) is 0 Å². The van der Waals surface area contributed by atoms with Gasteiger partial charge in [-0.2, -0.15) is 0 Å². The van der Waals surface area contributed by atoms with Gasteiger partial charge in [0.25, 0.3) is 0 Å². The molecule has 126 valence electrons. The highest BCUT2D eigenvalue weighted by molar-refractivity contribution is 9.10. The summed E-state index contributed by atoms with van der Waals surface area (Å²) in [5.41, 5.74) is 1.90. The van der Waals surface area contributed by atoms with E-state index < -0.39 is 5.82 Å². The van der Waals surface area contributed by atoms with Crippen molar-refractivity contribution >= 4 is 32.8 Å². The summed E-state index contributed by atoms with van der Waals surface area (Å²) in [5, 5.41) is 3.72. The van der Waals surface area contributed by atoms with Crippen LogP contribution in [0.1, 0.15) is 6.42 Å². The van der Waals surface area contributed by atoms with Gasteiger partial charge < -0.3 is 14.6 Å². The predicted molar refractivity (Wildman–Crippen MR) is 94.5 cm³/mol. The third kappa shape index (κ3) is 3.25. The Bertz CT molecular complexity index is 867. The van der Waals surface area contributed by atoms with Crippen LogP contribution in [0.3, 0.4) is 0 Å². The molecule has 1 N–H and O–H groups in total. The molecule has 3 aromatic heterocycles. The van der Waals surface area contributed by atoms with Gasteiger partial charge in [0.2, 0.25) is 5.95 Å². The fraction of sp³-hybridized carbons (Fsp3) is 0.312. The second-order valence-corrected chi connectivity index (χ2v) is 6.06. The van der Waals surface area contributed by atoms with Crippen LogP contribution in [-0.2, 0) is 11.3 Å². The molecular formula is C16H17BrFN5O. The minimum Gasteiger partial charge on any atom is -0.385 e. The van der Waals surface area contributed by atoms with Gasteiger partial charge in [0.05, 0.1) is 17.9 Å². The smallest absolute Gasteiger partial charge is 0.223 e. The Morgan fingerprint density at radius 3 is 2.92 bits per heavy atom. The van der Waals surface area contributed by atoms with E-state index in [-0.39, 0.29) is 5.69 Å². The molecule has 8 heteroatoms. The second kappa shape index (κ2) is 7.23. The number of nitrogens with zero attached hydrogens (tertiary/aromatic N) is 4. The summed E-state index contributed by atoms with van der Waals surface area (Å²) in [7, 11) is 3.37. The molecule has 0 unspecified atom stereocenters. The molecule has 0 saturated heterocycles. The lowest BCUT2D eigenvalue weighted by molar-refractivity contribution is 0.190. The number of pyridine rings is 1. The van der Waals surface area contributed by atoms with E-state index in [1.807, 2.05) is 16.8 Å². The first-order valence-corrected chi connectivity index (χ1v) is 8.27. The zero-order chi connectivity index (χ0) is 17.1. The molecule has 0 spiro atoms. The van der Waals surface area contributed by atoms with Gasteiger partial charge in [-0.1, -0.05) is 0 Å². The quantitative estimate of drug-likeness (QED) is 0.512. The molecule has 24 heavy (non-hydrogen) atoms. The number of aromatic nitrogens is 4. The van der Waals surface area contributed by atoms with E-state index >= 15 is 0 Å². The van der Waals surface area contributed by atoms with Crippen LogP contribution in [0.2, 0.25) is 0 Å². The van der Waals surface area contributed by atoms with Gasteiger partial charge in [-0.15, -0.1) is 0 Å². The lowest BCUT2D eigenvalue weighted by Crippen LogP contribution is -2.00. The van der Waals surface area contributed by atoms with Gasteiger partial charge in [0, 0.05) is 44.5 Å². The maximum absolute atomic E-state index is 14.3. The Hall–Kier alpha value is -2.06. The van der Waals surface area contributed by atoms with Crippen LogP contribution in [0, 0.1) is 5.82 Å². The molecule has 0 aliphatic carbocycles. The Morgan fingerprint density at radius 1 is 1.33 bits per heavy atom. The Balaban J connectivity index is 2.15. The normalized spacial score (nSPS) is 11.2. The first-order valence-electron chi connectivity index (χ1n) is 7.48. The van der Waals surface area contributed by atoms with E-state index in [1.54, 1.807) is 20.4 Å². The van der Waals surface area contributed by atoms with E-state index in [9.17, 15) is 4.39 Å². The molecular weight excluding hydrogens is 377 g/mol. The van der Waals surface area contributed by atoms with Crippen molar-refractivity contribution < 1.29 is 9.13 Å². The van der Waals surface area contributed by atoms with Gasteiger partial charge >= 0.3 is 0 Å². The molecule has 0 aromatic carbocycles. The number of halogens is 2. The Labute approximate surface area is 147 Å². The summed E-state index contributed by atoms with van der Waals surface area (Å²) in [6.07, 6.45) is 5.70. The fourth-order valence-corrected chi connectivity index (χ4v) is 2.92. The highest BCUT2D eigenvalue weighted by Crippen LogP contribution is 2.32. The summed E-state index contributed by atoms with van der Waals surface area (Å²) in [5.74, 6) is -0.0855. The molecule has 6 nitrogen and oxygen atoms in total. The number of hydrogen-bond donors (Lipinski definition) is 1. The number of hydrogen-bond acceptors (Lipinski definition) is 5. The summed E-state index contributed by atoms with van der Waals surface area (Å²) >= 11 is 3.38. The SMILES string of the molecule is CNc1ncc(F)c(-c2cn(CCCOC)c3cnc(Br)cc23)n1. The van der Waals surface area contributed by atoms with Gasteiger partial charge in [0.1, 0.15) is 10.3 Å². The van der Waals surface area contributed by atoms with Crippen molar-refractivity contribution in [1.29, 1.82) is 0 Å². The summed E-state index contributed by atoms with van der Waals surface area (Å²) < 4.78 is 22.2. The zero-order valence-corrected chi connectivity index (χ0v) is 15.0. The van der Waals surface area contributed by atoms with Crippen LogP contribution >= 0.6 is 15.9 Å². The number of anilines is 1. The summed E-state index contributed by atoms with van der Waals surface area (Å²) in [6.45, 7) is 1.41. The molecule has 0 fully saturated rings. The average Bonchev–Trinajstić information content (AvgIpc) is 2.93. The van der Waals surface area contributed by atoms with Crippen LogP contribution in [0.15, 0.2) is 29.3 Å². The van der Waals surface area contributed by atoms with Crippen LogP contribution in [0.4, 0.5) is 10.3 Å². The molecule has 3 aromatic rings. The monoisotopic (exact) mass is 393 g/mol. The zero-order valence-electron chi connectivity index (χ0n) is 13.4. The molecule has 0 aliphatic heterocycles. The largest absolute Gasteiger partial charge is 0.385 e. The number of nitrogens with one attached hydrogen (secondary N) is 1. The number of methoxy groups -OCH3 is 1. The number of aryl methyl sites for hydroxylation is 1. The highest BCUT2D eigenvalue weighted by atomic mass is 79.9. The molecule has 0 bridgehead atoms. The molecule has 3 rings (SSSR count). The van der Waals surface area contributed by atoms with E-state index in [1.165, 1.54) is 6.20 Å². The van der Waals surface area contributed by atoms with Crippen molar-refractivity contribution in [2.24, 2.45) is 0 Å². The first-order chi connectivity index (χ1) is 11.6. The lowest BCUT2D eigenvalue weighted by Gasteiger charge is -2.04. The second-order valence-electron chi connectivity index (χ2n) is 5.25. The number of rotatable bonds is 6. The van der Waals surface area contributed by atoms with Crippen molar-refractivity contribution in [3.8, 4) is 11.3 Å². The average molecular weight is 394 g/mol. The van der Waals surface area contributed by atoms with Crippen LogP contribution in [0.25, 0.3) is 22.2 Å². The Morgan fingerprint density at radius 2 is 2.17 bits per heavy atom. The van der Waals surface area contributed by atoms with Gasteiger partial charge in [0.15, 0.2) is 5.82 Å². The lowest BCUT2D eigenvalue weighted by atomic mass is 10.1. The number of ether oxygens (including phenoxy) is 1.